The number of esters is 1. The first-order valence-corrected chi connectivity index (χ1v) is 3.91. The molecule has 0 unspecified atom stereocenters. The molecule has 0 saturated carbocycles. The van der Waals surface area contributed by atoms with Crippen LogP contribution in [0.4, 0.5) is 4.39 Å². The average Bonchev–Trinajstić information content (AvgIpc) is 2.10. The van der Waals surface area contributed by atoms with Gasteiger partial charge in [0.2, 0.25) is 0 Å². The lowest BCUT2D eigenvalue weighted by atomic mass is 10.3. The molecule has 0 amide bonds. The van der Waals surface area contributed by atoms with Gasteiger partial charge in [0.15, 0.2) is 5.69 Å². The summed E-state index contributed by atoms with van der Waals surface area (Å²) >= 11 is 10.8. The molecular weight excluding hydrogens is 220 g/mol. The Labute approximate surface area is 83.4 Å². The van der Waals surface area contributed by atoms with Gasteiger partial charge in [-0.25, -0.2) is 14.2 Å². The van der Waals surface area contributed by atoms with Crippen LogP contribution < -0.4 is 0 Å². The smallest absolute Gasteiger partial charge is 0.358 e. The third kappa shape index (κ3) is 2.08. The SMILES string of the molecule is COC(=O)c1nc(Cl)cc(F)c1Cl. The number of nitrogens with zero attached hydrogens (tertiary/aromatic N) is 1. The number of hydrogen-bond donors (Lipinski definition) is 0. The van der Waals surface area contributed by atoms with Crippen molar-refractivity contribution in [1.82, 2.24) is 4.98 Å². The van der Waals surface area contributed by atoms with E-state index >= 15 is 0 Å². The van der Waals surface area contributed by atoms with E-state index in [-0.39, 0.29) is 10.8 Å². The second kappa shape index (κ2) is 3.89. The average molecular weight is 224 g/mol. The lowest BCUT2D eigenvalue weighted by Gasteiger charge is -2.02. The van der Waals surface area contributed by atoms with Crippen LogP contribution in [0.15, 0.2) is 6.07 Å². The Morgan fingerprint density at radius 3 is 2.77 bits per heavy atom. The summed E-state index contributed by atoms with van der Waals surface area (Å²) in [5, 5.41) is -0.543. The van der Waals surface area contributed by atoms with Crippen LogP contribution in [-0.4, -0.2) is 18.1 Å². The highest BCUT2D eigenvalue weighted by molar-refractivity contribution is 6.34. The van der Waals surface area contributed by atoms with Gasteiger partial charge in [-0.2, -0.15) is 0 Å². The molecular formula is C7H4Cl2FNO2. The van der Waals surface area contributed by atoms with E-state index in [0.717, 1.165) is 13.2 Å². The zero-order chi connectivity index (χ0) is 10.0. The molecule has 0 aromatic carbocycles. The zero-order valence-corrected chi connectivity index (χ0v) is 7.99. The van der Waals surface area contributed by atoms with Crippen molar-refractivity contribution in [3.8, 4) is 0 Å². The van der Waals surface area contributed by atoms with E-state index < -0.39 is 16.8 Å². The van der Waals surface area contributed by atoms with Gasteiger partial charge >= 0.3 is 5.97 Å². The molecule has 3 nitrogen and oxygen atoms in total. The maximum Gasteiger partial charge on any atom is 0.358 e. The molecule has 0 N–H and O–H groups in total. The van der Waals surface area contributed by atoms with Gasteiger partial charge in [0.05, 0.1) is 7.11 Å². The summed E-state index contributed by atoms with van der Waals surface area (Å²) in [5.41, 5.74) is -0.325. The Balaban J connectivity index is 3.28. The first-order valence-electron chi connectivity index (χ1n) is 3.16. The molecule has 0 saturated heterocycles. The van der Waals surface area contributed by atoms with E-state index in [4.69, 9.17) is 23.2 Å². The summed E-state index contributed by atoms with van der Waals surface area (Å²) in [5.74, 6) is -1.63. The van der Waals surface area contributed by atoms with Crippen LogP contribution in [0, 0.1) is 5.82 Å². The molecule has 0 radical (unpaired) electrons. The first-order chi connectivity index (χ1) is 6.06. The van der Waals surface area contributed by atoms with Crippen LogP contribution in [0.5, 0.6) is 0 Å². The van der Waals surface area contributed by atoms with Crippen LogP contribution >= 0.6 is 23.2 Å². The number of ether oxygens (including phenoxy) is 1. The second-order valence-electron chi connectivity index (χ2n) is 2.08. The number of hydrogen-bond acceptors (Lipinski definition) is 3. The minimum atomic E-state index is -0.827. The van der Waals surface area contributed by atoms with Crippen LogP contribution in [0.1, 0.15) is 10.5 Å². The summed E-state index contributed by atoms with van der Waals surface area (Å²) in [7, 11) is 1.14. The van der Waals surface area contributed by atoms with Gasteiger partial charge in [-0.15, -0.1) is 0 Å². The Kier molecular flexibility index (Phi) is 3.06. The predicted octanol–water partition coefficient (Wildman–Crippen LogP) is 2.31. The molecule has 0 aliphatic rings. The molecule has 13 heavy (non-hydrogen) atoms. The van der Waals surface area contributed by atoms with Gasteiger partial charge in [0, 0.05) is 6.07 Å². The van der Waals surface area contributed by atoms with E-state index in [2.05, 4.69) is 9.72 Å². The van der Waals surface area contributed by atoms with E-state index in [1.807, 2.05) is 0 Å². The second-order valence-corrected chi connectivity index (χ2v) is 2.85. The maximum absolute atomic E-state index is 12.9. The lowest BCUT2D eigenvalue weighted by molar-refractivity contribution is 0.0593. The molecule has 0 fully saturated rings. The number of carbonyl (C=O) groups excluding carboxylic acids is 1. The number of rotatable bonds is 1. The fraction of sp³-hybridized carbons (Fsp3) is 0.143. The van der Waals surface area contributed by atoms with E-state index in [9.17, 15) is 9.18 Å². The standard InChI is InChI=1S/C7H4Cl2FNO2/c1-13-7(12)6-5(9)3(10)2-4(8)11-6/h2H,1H3. The highest BCUT2D eigenvalue weighted by Crippen LogP contribution is 2.21. The quantitative estimate of drug-likeness (QED) is 0.542. The largest absolute Gasteiger partial charge is 0.464 e. The van der Waals surface area contributed by atoms with Crippen molar-refractivity contribution in [1.29, 1.82) is 0 Å². The topological polar surface area (TPSA) is 39.2 Å². The number of pyridine rings is 1. The van der Waals surface area contributed by atoms with Gasteiger partial charge in [0.25, 0.3) is 0 Å². The number of methoxy groups -OCH3 is 1. The maximum atomic E-state index is 12.9. The summed E-state index contributed by atoms with van der Waals surface area (Å²) in [6.07, 6.45) is 0. The summed E-state index contributed by atoms with van der Waals surface area (Å²) in [4.78, 5) is 14.5. The normalized spacial score (nSPS) is 9.85. The molecule has 1 aromatic heterocycles. The lowest BCUT2D eigenvalue weighted by Crippen LogP contribution is -2.06. The minimum absolute atomic E-state index is 0.151. The summed E-state index contributed by atoms with van der Waals surface area (Å²) in [6.45, 7) is 0. The Bertz CT molecular complexity index is 357. The summed E-state index contributed by atoms with van der Waals surface area (Å²) in [6, 6.07) is 0.913. The molecule has 0 spiro atoms. The molecule has 0 aliphatic heterocycles. The van der Waals surface area contributed by atoms with Gasteiger partial charge in [-0.3, -0.25) is 0 Å². The van der Waals surface area contributed by atoms with Crippen molar-refractivity contribution >= 4 is 29.2 Å². The van der Waals surface area contributed by atoms with E-state index in [0.29, 0.717) is 0 Å². The molecule has 0 aliphatic carbocycles. The van der Waals surface area contributed by atoms with E-state index in [1.54, 1.807) is 0 Å². The van der Waals surface area contributed by atoms with Crippen molar-refractivity contribution in [2.45, 2.75) is 0 Å². The summed E-state index contributed by atoms with van der Waals surface area (Å²) < 4.78 is 17.2. The van der Waals surface area contributed by atoms with Gasteiger partial charge in [-0.05, 0) is 0 Å². The highest BCUT2D eigenvalue weighted by Gasteiger charge is 2.17. The fourth-order valence-electron chi connectivity index (χ4n) is 0.701. The van der Waals surface area contributed by atoms with Gasteiger partial charge < -0.3 is 4.74 Å². The molecule has 1 heterocycles. The van der Waals surface area contributed by atoms with Gasteiger partial charge in [-0.1, -0.05) is 23.2 Å². The van der Waals surface area contributed by atoms with Crippen molar-refractivity contribution < 1.29 is 13.9 Å². The Morgan fingerprint density at radius 2 is 2.23 bits per heavy atom. The molecule has 1 aromatic rings. The van der Waals surface area contributed by atoms with Gasteiger partial charge in [0.1, 0.15) is 16.0 Å². The van der Waals surface area contributed by atoms with Crippen LogP contribution in [0.25, 0.3) is 0 Å². The monoisotopic (exact) mass is 223 g/mol. The number of carbonyl (C=O) groups is 1. The molecule has 0 bridgehead atoms. The third-order valence-corrected chi connectivity index (χ3v) is 1.81. The van der Waals surface area contributed by atoms with Crippen molar-refractivity contribution in [2.24, 2.45) is 0 Å². The fourth-order valence-corrected chi connectivity index (χ4v) is 1.06. The number of aromatic nitrogens is 1. The van der Waals surface area contributed by atoms with Crippen molar-refractivity contribution in [2.75, 3.05) is 7.11 Å². The van der Waals surface area contributed by atoms with Crippen molar-refractivity contribution in [3.63, 3.8) is 0 Å². The molecule has 0 atom stereocenters. The molecule has 1 rings (SSSR count). The third-order valence-electron chi connectivity index (χ3n) is 1.26. The van der Waals surface area contributed by atoms with Crippen LogP contribution in [0.3, 0.4) is 0 Å². The van der Waals surface area contributed by atoms with Crippen molar-refractivity contribution in [3.05, 3.63) is 27.8 Å². The van der Waals surface area contributed by atoms with Crippen LogP contribution in [-0.2, 0) is 4.74 Å². The minimum Gasteiger partial charge on any atom is -0.464 e. The predicted molar refractivity (Wildman–Crippen MR) is 45.6 cm³/mol. The molecule has 70 valence electrons. The molecule has 6 heteroatoms. The first kappa shape index (κ1) is 10.2. The Morgan fingerprint density at radius 1 is 1.62 bits per heavy atom. The highest BCUT2D eigenvalue weighted by atomic mass is 35.5. The van der Waals surface area contributed by atoms with Crippen LogP contribution in [0.2, 0.25) is 10.2 Å². The number of halogens is 3. The Hall–Kier alpha value is -0.870. The van der Waals surface area contributed by atoms with E-state index in [1.165, 1.54) is 0 Å². The zero-order valence-electron chi connectivity index (χ0n) is 6.47.